The molecule has 0 saturated heterocycles. The summed E-state index contributed by atoms with van der Waals surface area (Å²) in [5.74, 6) is -2.94. The Balaban J connectivity index is 0.000000387. The van der Waals surface area contributed by atoms with Crippen LogP contribution in [-0.4, -0.2) is 120 Å². The summed E-state index contributed by atoms with van der Waals surface area (Å²) >= 11 is 0. The number of carbonyl (C=O) groups is 4. The molecule has 2 atom stereocenters. The summed E-state index contributed by atoms with van der Waals surface area (Å²) < 4.78 is 66.0. The minimum Gasteiger partial charge on any atom is -0.744 e. The third-order valence-electron chi connectivity index (χ3n) is 6.78. The number of nitro benzene ring substituents is 2. The number of ketones is 2. The van der Waals surface area contributed by atoms with Crippen molar-refractivity contribution in [3.05, 3.63) is 117 Å². The molecule has 0 aliphatic heterocycles. The molecule has 25 heteroatoms. The minimum atomic E-state index is -4.91. The van der Waals surface area contributed by atoms with Crippen LogP contribution in [0.1, 0.15) is 13.8 Å². The van der Waals surface area contributed by atoms with Crippen molar-refractivity contribution in [2.45, 2.75) is 35.7 Å². The fraction of sp³-hybridized carbons (Fsp3) is 0.125. The normalized spacial score (nSPS) is 12.3. The molecule has 0 aliphatic rings. The first kappa shape index (κ1) is 47.7. The molecule has 0 spiro atoms. The zero-order chi connectivity index (χ0) is 41.8. The largest absolute Gasteiger partial charge is 2.00 e. The average Bonchev–Trinajstić information content (AvgIpc) is 3.11. The number of Topliss-reactive ketones (excluding diaryl/α,β-unsaturated/α-hetero) is 2. The topological polar surface area (TPSA) is 342 Å². The molecule has 4 aromatic carbocycles. The summed E-state index contributed by atoms with van der Waals surface area (Å²) in [4.78, 5) is 66.6. The van der Waals surface area contributed by atoms with Gasteiger partial charge in [0.15, 0.2) is 22.9 Å². The van der Waals surface area contributed by atoms with E-state index in [0.717, 1.165) is 38.1 Å². The Morgan fingerprint density at radius 1 is 0.579 bits per heavy atom. The van der Waals surface area contributed by atoms with E-state index >= 15 is 0 Å². The monoisotopic (exact) mass is 948 g/mol. The first-order chi connectivity index (χ1) is 26.2. The van der Waals surface area contributed by atoms with E-state index in [1.807, 2.05) is 0 Å². The molecule has 2 N–H and O–H groups in total. The number of nitrogens with one attached hydrogen (secondary N) is 2. The molecule has 0 fully saturated rings. The molecule has 0 radical (unpaired) electrons. The second-order valence-electron chi connectivity index (χ2n) is 10.9. The number of hydrogen-bond donors (Lipinski definition) is 2. The van der Waals surface area contributed by atoms with Crippen LogP contribution < -0.4 is 10.6 Å². The number of azo groups is 2. The Morgan fingerprint density at radius 2 is 0.895 bits per heavy atom. The van der Waals surface area contributed by atoms with Crippen molar-refractivity contribution in [1.82, 2.24) is 0 Å². The third kappa shape index (κ3) is 14.5. The Bertz CT molecular complexity index is 2280. The van der Waals surface area contributed by atoms with Crippen LogP contribution in [0, 0.1) is 20.2 Å². The number of carbonyl (C=O) groups excluding carboxylic acids is 4. The Labute approximate surface area is 362 Å². The summed E-state index contributed by atoms with van der Waals surface area (Å²) in [7, 11) is -9.83. The van der Waals surface area contributed by atoms with Gasteiger partial charge in [-0.1, -0.05) is 36.4 Å². The fourth-order valence-electron chi connectivity index (χ4n) is 4.12. The van der Waals surface area contributed by atoms with Gasteiger partial charge < -0.3 is 19.7 Å². The van der Waals surface area contributed by atoms with Gasteiger partial charge in [0.05, 0.1) is 19.6 Å². The van der Waals surface area contributed by atoms with Gasteiger partial charge >= 0.3 is 48.9 Å². The van der Waals surface area contributed by atoms with Gasteiger partial charge in [0, 0.05) is 23.5 Å². The first-order valence-corrected chi connectivity index (χ1v) is 18.0. The summed E-state index contributed by atoms with van der Waals surface area (Å²) in [6.07, 6.45) is 0. The maximum atomic E-state index is 12.2. The molecular weight excluding hydrogens is 922 g/mol. The van der Waals surface area contributed by atoms with E-state index in [2.05, 4.69) is 31.1 Å². The number of benzene rings is 4. The standard InChI is InChI=1S/2C16H14N4O7S.Ba/c2*1-10(21)15(16(22)17-11-5-3-2-4-6-11)19-18-13-8-7-12(28(25,26)27)9-14(13)20(23)24;/h2*2-9,15H,1H3,(H,17,22)(H,25,26,27);/q;;+2/p-2. The molecule has 2 unspecified atom stereocenters. The minimum absolute atomic E-state index is 0. The average molecular weight is 948 g/mol. The van der Waals surface area contributed by atoms with Crippen LogP contribution >= 0.6 is 0 Å². The predicted molar refractivity (Wildman–Crippen MR) is 196 cm³/mol. The second kappa shape index (κ2) is 21.2. The molecule has 292 valence electrons. The van der Waals surface area contributed by atoms with Crippen LogP contribution in [0.2, 0.25) is 0 Å². The fourth-order valence-corrected chi connectivity index (χ4v) is 5.10. The quantitative estimate of drug-likeness (QED) is 0.0451. The number of hydrogen-bond acceptors (Lipinski definition) is 18. The summed E-state index contributed by atoms with van der Waals surface area (Å²) in [6, 6.07) is 17.7. The Hall–Kier alpha value is -5.45. The molecular formula is C32H26BaN8O14S2. The van der Waals surface area contributed by atoms with E-state index in [-0.39, 0.29) is 48.9 Å². The van der Waals surface area contributed by atoms with E-state index in [4.69, 9.17) is 0 Å². The number of rotatable bonds is 14. The van der Waals surface area contributed by atoms with Crippen LogP contribution in [0.3, 0.4) is 0 Å². The van der Waals surface area contributed by atoms with Gasteiger partial charge in [-0.25, -0.2) is 16.8 Å². The SMILES string of the molecule is CC(=O)C(N=Nc1ccc(S(=O)(=O)[O-])cc1[N+](=O)[O-])C(=O)Nc1ccccc1.CC(=O)C(N=Nc1ccc(S(=O)(=O)[O-])cc1[N+](=O)[O-])C(=O)Nc1ccccc1.[Ba+2]. The van der Waals surface area contributed by atoms with Gasteiger partial charge in [0.1, 0.15) is 20.2 Å². The predicted octanol–water partition coefficient (Wildman–Crippen LogP) is 3.98. The number of nitro groups is 2. The number of anilines is 2. The van der Waals surface area contributed by atoms with Gasteiger partial charge in [0.25, 0.3) is 23.2 Å². The Kier molecular flexibility index (Phi) is 17.7. The number of amides is 2. The van der Waals surface area contributed by atoms with Crippen molar-refractivity contribution in [3.63, 3.8) is 0 Å². The molecule has 2 amide bonds. The Morgan fingerprint density at radius 3 is 1.16 bits per heavy atom. The van der Waals surface area contributed by atoms with E-state index in [1.165, 1.54) is 0 Å². The summed E-state index contributed by atoms with van der Waals surface area (Å²) in [6.45, 7) is 2.19. The second-order valence-corrected chi connectivity index (χ2v) is 13.7. The molecule has 4 rings (SSSR count). The van der Waals surface area contributed by atoms with Gasteiger partial charge in [-0.15, -0.1) is 10.2 Å². The molecule has 57 heavy (non-hydrogen) atoms. The third-order valence-corrected chi connectivity index (χ3v) is 8.44. The van der Waals surface area contributed by atoms with Crippen molar-refractivity contribution in [2.24, 2.45) is 20.5 Å². The van der Waals surface area contributed by atoms with Crippen LogP contribution in [-0.2, 0) is 39.4 Å². The van der Waals surface area contributed by atoms with Crippen LogP contribution in [0.15, 0.2) is 127 Å². The van der Waals surface area contributed by atoms with Gasteiger partial charge in [-0.3, -0.25) is 39.4 Å². The van der Waals surface area contributed by atoms with E-state index in [0.29, 0.717) is 23.5 Å². The molecule has 0 aromatic heterocycles. The van der Waals surface area contributed by atoms with E-state index in [9.17, 15) is 65.3 Å². The van der Waals surface area contributed by atoms with Crippen molar-refractivity contribution in [2.75, 3.05) is 10.6 Å². The summed E-state index contributed by atoms with van der Waals surface area (Å²) in [5, 5.41) is 41.3. The summed E-state index contributed by atoms with van der Waals surface area (Å²) in [5.41, 5.74) is -1.65. The van der Waals surface area contributed by atoms with E-state index < -0.39 is 98.1 Å². The zero-order valence-electron chi connectivity index (χ0n) is 29.3. The maximum Gasteiger partial charge on any atom is 2.00 e. The van der Waals surface area contributed by atoms with Crippen LogP contribution in [0.4, 0.5) is 34.1 Å². The molecule has 22 nitrogen and oxygen atoms in total. The van der Waals surface area contributed by atoms with Crippen molar-refractivity contribution in [3.8, 4) is 0 Å². The number of para-hydroxylation sites is 2. The van der Waals surface area contributed by atoms with Gasteiger partial charge in [0.2, 0.25) is 12.1 Å². The molecule has 4 aromatic rings. The van der Waals surface area contributed by atoms with E-state index in [1.54, 1.807) is 60.7 Å². The van der Waals surface area contributed by atoms with Gasteiger partial charge in [-0.05, 0) is 62.4 Å². The first-order valence-electron chi connectivity index (χ1n) is 15.2. The van der Waals surface area contributed by atoms with Gasteiger partial charge in [-0.2, -0.15) is 10.2 Å². The van der Waals surface area contributed by atoms with Crippen LogP contribution in [0.5, 0.6) is 0 Å². The van der Waals surface area contributed by atoms with Crippen molar-refractivity contribution in [1.29, 1.82) is 0 Å². The number of nitrogens with zero attached hydrogens (tertiary/aromatic N) is 6. The molecule has 0 heterocycles. The maximum absolute atomic E-state index is 12.2. The smallest absolute Gasteiger partial charge is 0.744 e. The van der Waals surface area contributed by atoms with Crippen molar-refractivity contribution >= 4 is 127 Å². The zero-order valence-corrected chi connectivity index (χ0v) is 35.4. The molecule has 0 saturated carbocycles. The molecule has 0 bridgehead atoms. The molecule has 0 aliphatic carbocycles. The van der Waals surface area contributed by atoms with Crippen LogP contribution in [0.25, 0.3) is 0 Å². The van der Waals surface area contributed by atoms with Crippen molar-refractivity contribution < 1.29 is 55.0 Å².